The molecular formula is C11H21NO2. The summed E-state index contributed by atoms with van der Waals surface area (Å²) in [6.07, 6.45) is 3.40. The molecule has 0 aromatic rings. The fraction of sp³-hybridized carbons (Fsp3) is 0.909. The van der Waals surface area contributed by atoms with Gasteiger partial charge in [-0.15, -0.1) is 0 Å². The van der Waals surface area contributed by atoms with Gasteiger partial charge >= 0.3 is 0 Å². The van der Waals surface area contributed by atoms with Crippen LogP contribution >= 0.6 is 0 Å². The van der Waals surface area contributed by atoms with Crippen LogP contribution in [-0.4, -0.2) is 23.7 Å². The highest BCUT2D eigenvalue weighted by molar-refractivity contribution is 5.77. The van der Waals surface area contributed by atoms with Gasteiger partial charge in [0.1, 0.15) is 0 Å². The summed E-state index contributed by atoms with van der Waals surface area (Å²) in [5, 5.41) is 12.0. The molecule has 1 saturated heterocycles. The van der Waals surface area contributed by atoms with Gasteiger partial charge in [-0.2, -0.15) is 0 Å². The number of aliphatic hydroxyl groups is 1. The van der Waals surface area contributed by atoms with Gasteiger partial charge in [0.25, 0.3) is 0 Å². The molecule has 0 radical (unpaired) electrons. The van der Waals surface area contributed by atoms with Crippen molar-refractivity contribution in [2.24, 2.45) is 11.8 Å². The van der Waals surface area contributed by atoms with Crippen molar-refractivity contribution in [3.63, 3.8) is 0 Å². The van der Waals surface area contributed by atoms with Crippen molar-refractivity contribution >= 4 is 5.91 Å². The molecule has 1 aliphatic rings. The molecule has 2 N–H and O–H groups in total. The maximum atomic E-state index is 11.2. The van der Waals surface area contributed by atoms with Crippen LogP contribution in [0.2, 0.25) is 0 Å². The van der Waals surface area contributed by atoms with Gasteiger partial charge in [-0.25, -0.2) is 0 Å². The Kier molecular flexibility index (Phi) is 4.39. The van der Waals surface area contributed by atoms with Gasteiger partial charge in [0.05, 0.1) is 0 Å². The molecule has 3 nitrogen and oxygen atoms in total. The standard InChI is InChI=1S/C11H21NO2/c1-8(2)7-10-9(5-6-13)3-4-11(14)12-10/h8-10,13H,3-7H2,1-2H3,(H,12,14)/t9-,10-/m1/s1. The van der Waals surface area contributed by atoms with E-state index in [1.165, 1.54) is 0 Å². The number of carbonyl (C=O) groups is 1. The Morgan fingerprint density at radius 2 is 2.29 bits per heavy atom. The quantitative estimate of drug-likeness (QED) is 0.717. The van der Waals surface area contributed by atoms with E-state index >= 15 is 0 Å². The molecule has 1 fully saturated rings. The molecule has 0 bridgehead atoms. The second-order valence-corrected chi connectivity index (χ2v) is 4.61. The van der Waals surface area contributed by atoms with Crippen molar-refractivity contribution < 1.29 is 9.90 Å². The molecule has 14 heavy (non-hydrogen) atoms. The summed E-state index contributed by atoms with van der Waals surface area (Å²) in [5.74, 6) is 1.24. The van der Waals surface area contributed by atoms with Gasteiger partial charge in [0, 0.05) is 19.1 Å². The topological polar surface area (TPSA) is 49.3 Å². The molecule has 0 spiro atoms. The van der Waals surface area contributed by atoms with Crippen LogP contribution in [-0.2, 0) is 4.79 Å². The predicted octanol–water partition coefficient (Wildman–Crippen LogP) is 1.31. The van der Waals surface area contributed by atoms with Crippen LogP contribution in [0.5, 0.6) is 0 Å². The van der Waals surface area contributed by atoms with E-state index in [9.17, 15) is 4.79 Å². The predicted molar refractivity (Wildman–Crippen MR) is 55.8 cm³/mol. The van der Waals surface area contributed by atoms with Crippen LogP contribution in [0.3, 0.4) is 0 Å². The van der Waals surface area contributed by atoms with Gasteiger partial charge in [0.15, 0.2) is 0 Å². The maximum Gasteiger partial charge on any atom is 0.220 e. The van der Waals surface area contributed by atoms with Crippen molar-refractivity contribution in [1.82, 2.24) is 5.32 Å². The number of nitrogens with one attached hydrogen (secondary N) is 1. The minimum atomic E-state index is 0.171. The van der Waals surface area contributed by atoms with E-state index in [0.29, 0.717) is 18.3 Å². The van der Waals surface area contributed by atoms with Crippen molar-refractivity contribution in [2.75, 3.05) is 6.61 Å². The van der Waals surface area contributed by atoms with E-state index in [4.69, 9.17) is 5.11 Å². The number of amides is 1. The average Bonchev–Trinajstić information content (AvgIpc) is 2.09. The average molecular weight is 199 g/mol. The number of hydrogen-bond acceptors (Lipinski definition) is 2. The smallest absolute Gasteiger partial charge is 0.220 e. The summed E-state index contributed by atoms with van der Waals surface area (Å²) in [4.78, 5) is 11.2. The first kappa shape index (κ1) is 11.5. The zero-order valence-corrected chi connectivity index (χ0v) is 9.12. The first-order chi connectivity index (χ1) is 6.63. The Bertz CT molecular complexity index is 192. The Morgan fingerprint density at radius 3 is 2.86 bits per heavy atom. The summed E-state index contributed by atoms with van der Waals surface area (Å²) in [5.41, 5.74) is 0. The second-order valence-electron chi connectivity index (χ2n) is 4.61. The number of piperidine rings is 1. The normalized spacial score (nSPS) is 27.9. The lowest BCUT2D eigenvalue weighted by atomic mass is 9.84. The van der Waals surface area contributed by atoms with E-state index in [1.54, 1.807) is 0 Å². The Morgan fingerprint density at radius 1 is 1.57 bits per heavy atom. The minimum absolute atomic E-state index is 0.171. The van der Waals surface area contributed by atoms with Gasteiger partial charge in [0.2, 0.25) is 5.91 Å². The third kappa shape index (κ3) is 3.29. The minimum Gasteiger partial charge on any atom is -0.396 e. The lowest BCUT2D eigenvalue weighted by Gasteiger charge is -2.33. The van der Waals surface area contributed by atoms with E-state index in [-0.39, 0.29) is 18.6 Å². The van der Waals surface area contributed by atoms with Gasteiger partial charge in [-0.1, -0.05) is 13.8 Å². The largest absolute Gasteiger partial charge is 0.396 e. The molecule has 1 heterocycles. The van der Waals surface area contributed by atoms with Crippen LogP contribution < -0.4 is 5.32 Å². The molecule has 82 valence electrons. The monoisotopic (exact) mass is 199 g/mol. The number of carbonyl (C=O) groups excluding carboxylic acids is 1. The Balaban J connectivity index is 2.49. The van der Waals surface area contributed by atoms with Crippen LogP contribution in [0.1, 0.15) is 39.5 Å². The number of hydrogen-bond donors (Lipinski definition) is 2. The van der Waals surface area contributed by atoms with Crippen molar-refractivity contribution in [2.45, 2.75) is 45.6 Å². The lowest BCUT2D eigenvalue weighted by molar-refractivity contribution is -0.124. The van der Waals surface area contributed by atoms with Crippen LogP contribution in [0.25, 0.3) is 0 Å². The molecule has 1 aliphatic heterocycles. The van der Waals surface area contributed by atoms with Crippen LogP contribution in [0.15, 0.2) is 0 Å². The lowest BCUT2D eigenvalue weighted by Crippen LogP contribution is -2.45. The molecule has 1 rings (SSSR count). The summed E-state index contributed by atoms with van der Waals surface area (Å²) in [6.45, 7) is 4.56. The molecule has 0 unspecified atom stereocenters. The van der Waals surface area contributed by atoms with E-state index in [0.717, 1.165) is 19.3 Å². The molecule has 1 amide bonds. The van der Waals surface area contributed by atoms with Crippen molar-refractivity contribution in [3.8, 4) is 0 Å². The molecule has 0 aromatic carbocycles. The first-order valence-corrected chi connectivity index (χ1v) is 5.53. The first-order valence-electron chi connectivity index (χ1n) is 5.53. The van der Waals surface area contributed by atoms with Gasteiger partial charge in [-0.05, 0) is 31.1 Å². The molecule has 2 atom stereocenters. The SMILES string of the molecule is CC(C)C[C@H]1NC(=O)CC[C@@H]1CCO. The summed E-state index contributed by atoms with van der Waals surface area (Å²) in [7, 11) is 0. The van der Waals surface area contributed by atoms with Gasteiger partial charge < -0.3 is 10.4 Å². The van der Waals surface area contributed by atoms with Crippen LogP contribution in [0, 0.1) is 11.8 Å². The van der Waals surface area contributed by atoms with Gasteiger partial charge in [-0.3, -0.25) is 4.79 Å². The molecule has 0 aliphatic carbocycles. The zero-order valence-electron chi connectivity index (χ0n) is 9.12. The summed E-state index contributed by atoms with van der Waals surface area (Å²) in [6, 6.07) is 0.281. The fourth-order valence-electron chi connectivity index (χ4n) is 2.19. The fourth-order valence-corrected chi connectivity index (χ4v) is 2.19. The second kappa shape index (κ2) is 5.35. The molecular weight excluding hydrogens is 178 g/mol. The highest BCUT2D eigenvalue weighted by Gasteiger charge is 2.28. The molecule has 3 heteroatoms. The summed E-state index contributed by atoms with van der Waals surface area (Å²) >= 11 is 0. The van der Waals surface area contributed by atoms with Crippen LogP contribution in [0.4, 0.5) is 0 Å². The van der Waals surface area contributed by atoms with Crippen molar-refractivity contribution in [1.29, 1.82) is 0 Å². The van der Waals surface area contributed by atoms with E-state index in [1.807, 2.05) is 0 Å². The molecule has 0 aromatic heterocycles. The van der Waals surface area contributed by atoms with E-state index in [2.05, 4.69) is 19.2 Å². The Hall–Kier alpha value is -0.570. The third-order valence-electron chi connectivity index (χ3n) is 2.88. The van der Waals surface area contributed by atoms with E-state index < -0.39 is 0 Å². The highest BCUT2D eigenvalue weighted by Crippen LogP contribution is 2.24. The highest BCUT2D eigenvalue weighted by atomic mass is 16.3. The molecule has 0 saturated carbocycles. The third-order valence-corrected chi connectivity index (χ3v) is 2.88. The summed E-state index contributed by atoms with van der Waals surface area (Å²) < 4.78 is 0. The number of aliphatic hydroxyl groups excluding tert-OH is 1. The maximum absolute atomic E-state index is 11.2. The number of rotatable bonds is 4. The Labute approximate surface area is 85.9 Å². The zero-order chi connectivity index (χ0) is 10.6. The van der Waals surface area contributed by atoms with Crippen molar-refractivity contribution in [3.05, 3.63) is 0 Å².